The number of hydrogen-bond acceptors (Lipinski definition) is 4. The molecule has 5 heteroatoms. The van der Waals surface area contributed by atoms with Crippen molar-refractivity contribution in [3.63, 3.8) is 0 Å². The zero-order valence-electron chi connectivity index (χ0n) is 11.6. The average Bonchev–Trinajstić information content (AvgIpc) is 2.62. The third-order valence-electron chi connectivity index (χ3n) is 3.60. The molecule has 3 N–H and O–H groups in total. The van der Waals surface area contributed by atoms with E-state index in [0.29, 0.717) is 0 Å². The Balaban J connectivity index is 2.34. The van der Waals surface area contributed by atoms with Crippen LogP contribution in [0.2, 0.25) is 0 Å². The van der Waals surface area contributed by atoms with Crippen molar-refractivity contribution in [2.75, 3.05) is 38.1 Å². The Morgan fingerprint density at radius 2 is 2.05 bits per heavy atom. The molecule has 0 radical (unpaired) electrons. The van der Waals surface area contributed by atoms with Gasteiger partial charge < -0.3 is 20.7 Å². The topological polar surface area (TPSA) is 65.1 Å². The fraction of sp³-hybridized carbons (Fsp3) is 0.500. The monoisotopic (exact) mass is 262 g/mol. The molecule has 1 aliphatic rings. The number of nitrogens with two attached hydrogens (primary N) is 1. The minimum atomic E-state index is 0.174. The van der Waals surface area contributed by atoms with Gasteiger partial charge in [-0.25, -0.2) is 0 Å². The predicted octanol–water partition coefficient (Wildman–Crippen LogP) is 1.23. The van der Waals surface area contributed by atoms with Gasteiger partial charge in [0.05, 0.1) is 0 Å². The van der Waals surface area contributed by atoms with Crippen molar-refractivity contribution < 1.29 is 5.21 Å². The van der Waals surface area contributed by atoms with Crippen LogP contribution >= 0.6 is 0 Å². The minimum Gasteiger partial charge on any atom is -0.409 e. The second-order valence-electron chi connectivity index (χ2n) is 5.15. The molecule has 1 heterocycles. The van der Waals surface area contributed by atoms with E-state index in [1.54, 1.807) is 0 Å². The molecule has 5 nitrogen and oxygen atoms in total. The van der Waals surface area contributed by atoms with Gasteiger partial charge in [0.25, 0.3) is 0 Å². The van der Waals surface area contributed by atoms with Crippen LogP contribution in [0.1, 0.15) is 17.5 Å². The molecule has 1 aromatic carbocycles. The lowest BCUT2D eigenvalue weighted by atomic mass is 10.1. The van der Waals surface area contributed by atoms with Crippen molar-refractivity contribution in [2.45, 2.75) is 13.3 Å². The molecular weight excluding hydrogens is 240 g/mol. The molecule has 0 atom stereocenters. The standard InChI is InChI=1S/C14H22N4O/c1-11-4-5-12(14(15)16-19)13(10-11)18-7-3-6-17(2)8-9-18/h4-5,10,19H,3,6-9H2,1-2H3,(H2,15,16). The van der Waals surface area contributed by atoms with Gasteiger partial charge in [-0.2, -0.15) is 0 Å². The Bertz CT molecular complexity index is 473. The second-order valence-corrected chi connectivity index (χ2v) is 5.15. The lowest BCUT2D eigenvalue weighted by molar-refractivity contribution is 0.318. The first kappa shape index (κ1) is 13.7. The van der Waals surface area contributed by atoms with E-state index in [4.69, 9.17) is 10.9 Å². The maximum atomic E-state index is 8.91. The zero-order valence-corrected chi connectivity index (χ0v) is 11.6. The number of nitrogens with zero attached hydrogens (tertiary/aromatic N) is 3. The van der Waals surface area contributed by atoms with Gasteiger partial charge in [0.15, 0.2) is 5.84 Å². The van der Waals surface area contributed by atoms with E-state index in [2.05, 4.69) is 35.0 Å². The number of anilines is 1. The van der Waals surface area contributed by atoms with Crippen LogP contribution in [0.25, 0.3) is 0 Å². The Hall–Kier alpha value is -1.75. The number of benzene rings is 1. The summed E-state index contributed by atoms with van der Waals surface area (Å²) < 4.78 is 0. The van der Waals surface area contributed by atoms with Gasteiger partial charge in [0.1, 0.15) is 0 Å². The maximum Gasteiger partial charge on any atom is 0.172 e. The van der Waals surface area contributed by atoms with Crippen molar-refractivity contribution in [1.29, 1.82) is 0 Å². The van der Waals surface area contributed by atoms with E-state index in [1.165, 1.54) is 5.56 Å². The quantitative estimate of drug-likeness (QED) is 0.364. The number of amidine groups is 1. The highest BCUT2D eigenvalue weighted by Crippen LogP contribution is 2.23. The van der Waals surface area contributed by atoms with Crippen LogP contribution in [-0.4, -0.2) is 49.2 Å². The number of hydrogen-bond donors (Lipinski definition) is 2. The highest BCUT2D eigenvalue weighted by atomic mass is 16.4. The molecule has 19 heavy (non-hydrogen) atoms. The lowest BCUT2D eigenvalue weighted by Crippen LogP contribution is -2.31. The van der Waals surface area contributed by atoms with Crippen LogP contribution in [-0.2, 0) is 0 Å². The van der Waals surface area contributed by atoms with Gasteiger partial charge in [-0.3, -0.25) is 0 Å². The lowest BCUT2D eigenvalue weighted by Gasteiger charge is -2.25. The van der Waals surface area contributed by atoms with Crippen LogP contribution in [0.5, 0.6) is 0 Å². The van der Waals surface area contributed by atoms with Gasteiger partial charge >= 0.3 is 0 Å². The van der Waals surface area contributed by atoms with Crippen molar-refractivity contribution in [3.8, 4) is 0 Å². The van der Waals surface area contributed by atoms with Crippen LogP contribution in [0, 0.1) is 6.92 Å². The average molecular weight is 262 g/mol. The van der Waals surface area contributed by atoms with Gasteiger partial charge in [-0.15, -0.1) is 0 Å². The van der Waals surface area contributed by atoms with Gasteiger partial charge in [0, 0.05) is 30.9 Å². The van der Waals surface area contributed by atoms with Crippen LogP contribution < -0.4 is 10.6 Å². The maximum absolute atomic E-state index is 8.91. The largest absolute Gasteiger partial charge is 0.409 e. The van der Waals surface area contributed by atoms with Crippen molar-refractivity contribution in [1.82, 2.24) is 4.90 Å². The normalized spacial score (nSPS) is 18.4. The molecule has 1 fully saturated rings. The third kappa shape index (κ3) is 3.17. The van der Waals surface area contributed by atoms with E-state index in [-0.39, 0.29) is 5.84 Å². The molecule has 0 spiro atoms. The van der Waals surface area contributed by atoms with Gasteiger partial charge in [-0.05, 0) is 44.6 Å². The van der Waals surface area contributed by atoms with E-state index < -0.39 is 0 Å². The summed E-state index contributed by atoms with van der Waals surface area (Å²) in [4.78, 5) is 4.66. The molecule has 0 amide bonds. The van der Waals surface area contributed by atoms with Crippen LogP contribution in [0.4, 0.5) is 5.69 Å². The molecule has 1 aliphatic heterocycles. The molecule has 0 unspecified atom stereocenters. The van der Waals surface area contributed by atoms with Crippen molar-refractivity contribution in [2.24, 2.45) is 10.9 Å². The highest BCUT2D eigenvalue weighted by molar-refractivity contribution is 6.02. The summed E-state index contributed by atoms with van der Waals surface area (Å²) in [5.74, 6) is 0.174. The number of oxime groups is 1. The summed E-state index contributed by atoms with van der Waals surface area (Å²) in [6, 6.07) is 6.02. The molecule has 0 aromatic heterocycles. The smallest absolute Gasteiger partial charge is 0.172 e. The number of rotatable bonds is 2. The summed E-state index contributed by atoms with van der Waals surface area (Å²) in [5, 5.41) is 12.1. The molecule has 0 aliphatic carbocycles. The number of aryl methyl sites for hydroxylation is 1. The first-order chi connectivity index (χ1) is 9.11. The van der Waals surface area contributed by atoms with Crippen molar-refractivity contribution in [3.05, 3.63) is 29.3 Å². The number of likely N-dealkylation sites (N-methyl/N-ethyl adjacent to an activating group) is 1. The Morgan fingerprint density at radius 3 is 2.79 bits per heavy atom. The first-order valence-electron chi connectivity index (χ1n) is 6.64. The summed E-state index contributed by atoms with van der Waals surface area (Å²) >= 11 is 0. The highest BCUT2D eigenvalue weighted by Gasteiger charge is 2.17. The fourth-order valence-electron chi connectivity index (χ4n) is 2.46. The van der Waals surface area contributed by atoms with E-state index >= 15 is 0 Å². The molecule has 104 valence electrons. The zero-order chi connectivity index (χ0) is 13.8. The Labute approximate surface area is 114 Å². The van der Waals surface area contributed by atoms with Crippen molar-refractivity contribution >= 4 is 11.5 Å². The van der Waals surface area contributed by atoms with E-state index in [0.717, 1.165) is 43.9 Å². The Kier molecular flexibility index (Phi) is 4.27. The molecule has 1 saturated heterocycles. The predicted molar refractivity (Wildman–Crippen MR) is 78.0 cm³/mol. The van der Waals surface area contributed by atoms with Gasteiger partial charge in [-0.1, -0.05) is 11.2 Å². The first-order valence-corrected chi connectivity index (χ1v) is 6.64. The summed E-state index contributed by atoms with van der Waals surface area (Å²) in [5.41, 5.74) is 8.83. The Morgan fingerprint density at radius 1 is 1.26 bits per heavy atom. The second kappa shape index (κ2) is 5.93. The van der Waals surface area contributed by atoms with E-state index in [1.807, 2.05) is 12.1 Å². The fourth-order valence-corrected chi connectivity index (χ4v) is 2.46. The summed E-state index contributed by atoms with van der Waals surface area (Å²) in [7, 11) is 2.14. The molecule has 0 saturated carbocycles. The van der Waals surface area contributed by atoms with E-state index in [9.17, 15) is 0 Å². The van der Waals surface area contributed by atoms with Crippen LogP contribution in [0.3, 0.4) is 0 Å². The van der Waals surface area contributed by atoms with Gasteiger partial charge in [0.2, 0.25) is 0 Å². The minimum absolute atomic E-state index is 0.174. The molecular formula is C14H22N4O. The molecule has 0 bridgehead atoms. The summed E-state index contributed by atoms with van der Waals surface area (Å²) in [6.07, 6.45) is 1.13. The SMILES string of the molecule is Cc1ccc(C(N)=NO)c(N2CCCN(C)CC2)c1. The third-order valence-corrected chi connectivity index (χ3v) is 3.60. The molecule has 1 aromatic rings. The van der Waals surface area contributed by atoms with Crippen LogP contribution in [0.15, 0.2) is 23.4 Å². The summed E-state index contributed by atoms with van der Waals surface area (Å²) in [6.45, 7) is 6.17. The molecule has 2 rings (SSSR count).